The van der Waals surface area contributed by atoms with Gasteiger partial charge in [-0.05, 0) is 43.0 Å². The summed E-state index contributed by atoms with van der Waals surface area (Å²) in [5.41, 5.74) is 0.604. The van der Waals surface area contributed by atoms with Gasteiger partial charge >= 0.3 is 6.18 Å². The van der Waals surface area contributed by atoms with Gasteiger partial charge in [-0.25, -0.2) is 0 Å². The molecule has 1 saturated carbocycles. The molecule has 0 spiro atoms. The number of piperidine rings is 1. The van der Waals surface area contributed by atoms with Crippen molar-refractivity contribution in [3.05, 3.63) is 35.4 Å². The van der Waals surface area contributed by atoms with Crippen LogP contribution in [0.4, 0.5) is 13.2 Å². The van der Waals surface area contributed by atoms with E-state index in [9.17, 15) is 13.2 Å². The van der Waals surface area contributed by atoms with Crippen LogP contribution < -0.4 is 0 Å². The Kier molecular flexibility index (Phi) is 3.49. The van der Waals surface area contributed by atoms with Crippen molar-refractivity contribution in [1.82, 2.24) is 4.90 Å². The van der Waals surface area contributed by atoms with Gasteiger partial charge in [0.25, 0.3) is 0 Å². The van der Waals surface area contributed by atoms with E-state index < -0.39 is 11.7 Å². The second-order valence-corrected chi connectivity index (χ2v) is 6.29. The van der Waals surface area contributed by atoms with E-state index in [2.05, 4.69) is 4.90 Å². The predicted molar refractivity (Wildman–Crippen MR) is 73.0 cm³/mol. The Labute approximate surface area is 121 Å². The zero-order chi connectivity index (χ0) is 14.4. The molecule has 110 valence electrons. The molecule has 2 fully saturated rings. The van der Waals surface area contributed by atoms with Gasteiger partial charge in [0.05, 0.1) is 5.56 Å². The van der Waals surface area contributed by atoms with Crippen LogP contribution in [0.15, 0.2) is 24.3 Å². The topological polar surface area (TPSA) is 3.24 Å². The number of hydrogen-bond acceptors (Lipinski definition) is 1. The minimum absolute atomic E-state index is 0.108. The third kappa shape index (κ3) is 2.44. The Morgan fingerprint density at radius 1 is 1.25 bits per heavy atom. The average molecular weight is 304 g/mol. The summed E-state index contributed by atoms with van der Waals surface area (Å²) in [6, 6.07) is 5.74. The van der Waals surface area contributed by atoms with Crippen LogP contribution >= 0.6 is 11.6 Å². The monoisotopic (exact) mass is 303 g/mol. The quantitative estimate of drug-likeness (QED) is 0.762. The van der Waals surface area contributed by atoms with Crippen molar-refractivity contribution < 1.29 is 13.2 Å². The number of likely N-dealkylation sites (tertiary alicyclic amines) is 1. The summed E-state index contributed by atoms with van der Waals surface area (Å²) in [4.78, 5) is 2.38. The zero-order valence-electron chi connectivity index (χ0n) is 11.1. The van der Waals surface area contributed by atoms with E-state index in [1.54, 1.807) is 12.1 Å². The van der Waals surface area contributed by atoms with Gasteiger partial charge in [0.1, 0.15) is 0 Å². The summed E-state index contributed by atoms with van der Waals surface area (Å²) >= 11 is 5.71. The van der Waals surface area contributed by atoms with Gasteiger partial charge in [0.2, 0.25) is 0 Å². The highest BCUT2D eigenvalue weighted by Gasteiger charge is 2.60. The lowest BCUT2D eigenvalue weighted by atomic mass is 9.94. The summed E-state index contributed by atoms with van der Waals surface area (Å²) in [5, 5.41) is 0. The number of alkyl halides is 4. The fourth-order valence-electron chi connectivity index (χ4n) is 3.48. The van der Waals surface area contributed by atoms with Crippen LogP contribution in [0, 0.1) is 5.92 Å². The fraction of sp³-hybridized carbons (Fsp3) is 0.600. The zero-order valence-corrected chi connectivity index (χ0v) is 11.8. The molecule has 1 aromatic carbocycles. The number of rotatable bonds is 4. The first-order valence-corrected chi connectivity index (χ1v) is 7.45. The molecule has 0 radical (unpaired) electrons. The van der Waals surface area contributed by atoms with Gasteiger partial charge in [-0.3, -0.25) is 0 Å². The second-order valence-electron chi connectivity index (χ2n) is 5.91. The molecular weight excluding hydrogens is 287 g/mol. The van der Waals surface area contributed by atoms with Gasteiger partial charge in [-0.1, -0.05) is 12.1 Å². The highest BCUT2D eigenvalue weighted by molar-refractivity contribution is 6.17. The number of benzene rings is 1. The van der Waals surface area contributed by atoms with E-state index in [0.29, 0.717) is 11.8 Å². The van der Waals surface area contributed by atoms with E-state index >= 15 is 0 Å². The first kappa shape index (κ1) is 14.2. The van der Waals surface area contributed by atoms with Crippen LogP contribution in [-0.4, -0.2) is 30.4 Å². The molecule has 0 bridgehead atoms. The third-order valence-corrected chi connectivity index (χ3v) is 4.88. The molecule has 0 N–H and O–H groups in total. The van der Waals surface area contributed by atoms with E-state index in [1.807, 2.05) is 0 Å². The van der Waals surface area contributed by atoms with Crippen LogP contribution in [0.25, 0.3) is 0 Å². The van der Waals surface area contributed by atoms with Gasteiger partial charge in [-0.2, -0.15) is 13.2 Å². The van der Waals surface area contributed by atoms with Crippen molar-refractivity contribution in [3.63, 3.8) is 0 Å². The molecule has 2 aliphatic rings. The maximum absolute atomic E-state index is 12.6. The van der Waals surface area contributed by atoms with Crippen LogP contribution in [0.5, 0.6) is 0 Å². The summed E-state index contributed by atoms with van der Waals surface area (Å²) in [6.45, 7) is 3.00. The lowest BCUT2D eigenvalue weighted by molar-refractivity contribution is -0.137. The lowest BCUT2D eigenvalue weighted by Crippen LogP contribution is -2.27. The molecule has 5 heteroatoms. The van der Waals surface area contributed by atoms with Crippen molar-refractivity contribution in [2.24, 2.45) is 5.92 Å². The standard InChI is InChI=1S/C15H17ClF3N/c16-6-1-7-20-9-13-8-14(13,10-20)11-2-4-12(5-3-11)15(17,18)19/h2-5,13H,1,6-10H2. The number of halogens is 4. The average Bonchev–Trinajstić information content (AvgIpc) is 2.99. The maximum Gasteiger partial charge on any atom is 0.416 e. The lowest BCUT2D eigenvalue weighted by Gasteiger charge is -2.21. The minimum Gasteiger partial charge on any atom is -0.302 e. The van der Waals surface area contributed by atoms with Crippen molar-refractivity contribution in [1.29, 1.82) is 0 Å². The summed E-state index contributed by atoms with van der Waals surface area (Å²) in [5.74, 6) is 1.27. The molecule has 2 unspecified atom stereocenters. The normalized spacial score (nSPS) is 29.5. The van der Waals surface area contributed by atoms with E-state index in [-0.39, 0.29) is 5.41 Å². The van der Waals surface area contributed by atoms with Gasteiger partial charge in [-0.15, -0.1) is 11.6 Å². The number of hydrogen-bond donors (Lipinski definition) is 0. The molecule has 0 amide bonds. The molecule has 2 atom stereocenters. The van der Waals surface area contributed by atoms with E-state index in [4.69, 9.17) is 11.6 Å². The Balaban J connectivity index is 1.71. The molecule has 0 aromatic heterocycles. The Hall–Kier alpha value is -0.740. The predicted octanol–water partition coefficient (Wildman–Crippen LogP) is 3.91. The fourth-order valence-corrected chi connectivity index (χ4v) is 3.60. The van der Waals surface area contributed by atoms with E-state index in [1.165, 1.54) is 12.1 Å². The van der Waals surface area contributed by atoms with Crippen molar-refractivity contribution in [3.8, 4) is 0 Å². The smallest absolute Gasteiger partial charge is 0.302 e. The Morgan fingerprint density at radius 2 is 1.95 bits per heavy atom. The Morgan fingerprint density at radius 3 is 2.55 bits per heavy atom. The van der Waals surface area contributed by atoms with Gasteiger partial charge in [0.15, 0.2) is 0 Å². The second kappa shape index (κ2) is 4.92. The largest absolute Gasteiger partial charge is 0.416 e. The highest BCUT2D eigenvalue weighted by atomic mass is 35.5. The SMILES string of the molecule is FC(F)(F)c1ccc(C23CC2CN(CCCCl)C3)cc1. The van der Waals surface area contributed by atoms with Crippen molar-refractivity contribution >= 4 is 11.6 Å². The van der Waals surface area contributed by atoms with Crippen LogP contribution in [0.3, 0.4) is 0 Å². The summed E-state index contributed by atoms with van der Waals surface area (Å²) < 4.78 is 37.8. The first-order valence-electron chi connectivity index (χ1n) is 6.92. The first-order chi connectivity index (χ1) is 9.45. The van der Waals surface area contributed by atoms with Crippen molar-refractivity contribution in [2.75, 3.05) is 25.5 Å². The number of nitrogens with zero attached hydrogens (tertiary/aromatic N) is 1. The molecule has 1 heterocycles. The number of fused-ring (bicyclic) bond motifs is 1. The van der Waals surface area contributed by atoms with E-state index in [0.717, 1.165) is 38.0 Å². The van der Waals surface area contributed by atoms with Crippen LogP contribution in [-0.2, 0) is 11.6 Å². The van der Waals surface area contributed by atoms with Crippen molar-refractivity contribution in [2.45, 2.75) is 24.4 Å². The van der Waals surface area contributed by atoms with Crippen LogP contribution in [0.1, 0.15) is 24.0 Å². The molecule has 1 aliphatic carbocycles. The highest BCUT2D eigenvalue weighted by Crippen LogP contribution is 2.59. The molecule has 1 saturated heterocycles. The third-order valence-electron chi connectivity index (χ3n) is 4.61. The van der Waals surface area contributed by atoms with Gasteiger partial charge < -0.3 is 4.90 Å². The minimum atomic E-state index is -4.25. The molecule has 20 heavy (non-hydrogen) atoms. The van der Waals surface area contributed by atoms with Crippen LogP contribution in [0.2, 0.25) is 0 Å². The summed E-state index contributed by atoms with van der Waals surface area (Å²) in [6.07, 6.45) is -2.17. The Bertz CT molecular complexity index is 485. The molecular formula is C15H17ClF3N. The molecule has 1 nitrogen and oxygen atoms in total. The maximum atomic E-state index is 12.6. The molecule has 1 aliphatic heterocycles. The summed E-state index contributed by atoms with van der Waals surface area (Å²) in [7, 11) is 0. The molecule has 1 aromatic rings. The molecule has 3 rings (SSSR count). The van der Waals surface area contributed by atoms with Gasteiger partial charge in [0, 0.05) is 24.4 Å².